The van der Waals surface area contributed by atoms with Crippen LogP contribution in [0.2, 0.25) is 0 Å². The molecule has 1 saturated heterocycles. The Bertz CT molecular complexity index is 191. The molecule has 2 fully saturated rings. The minimum absolute atomic E-state index is 0.511. The summed E-state index contributed by atoms with van der Waals surface area (Å²) >= 11 is 0. The van der Waals surface area contributed by atoms with Crippen LogP contribution >= 0.6 is 0 Å². The van der Waals surface area contributed by atoms with Gasteiger partial charge in [-0.3, -0.25) is 0 Å². The molecule has 15 heavy (non-hydrogen) atoms. The molecule has 1 unspecified atom stereocenters. The predicted octanol–water partition coefficient (Wildman–Crippen LogP) is 2.15. The summed E-state index contributed by atoms with van der Waals surface area (Å²) in [4.78, 5) is 0. The van der Waals surface area contributed by atoms with Gasteiger partial charge in [0.2, 0.25) is 0 Å². The van der Waals surface area contributed by atoms with Gasteiger partial charge in [0.05, 0.1) is 0 Å². The molecule has 0 aromatic carbocycles. The second kappa shape index (κ2) is 4.84. The van der Waals surface area contributed by atoms with E-state index in [1.54, 1.807) is 0 Å². The molecule has 1 aliphatic heterocycles. The van der Waals surface area contributed by atoms with Gasteiger partial charge in [-0.25, -0.2) is 0 Å². The lowest BCUT2D eigenvalue weighted by molar-refractivity contribution is 0.118. The lowest BCUT2D eigenvalue weighted by Gasteiger charge is -2.40. The lowest BCUT2D eigenvalue weighted by atomic mass is 9.67. The topological polar surface area (TPSA) is 24.1 Å². The summed E-state index contributed by atoms with van der Waals surface area (Å²) in [5.74, 6) is 0.974. The van der Waals surface area contributed by atoms with Crippen LogP contribution in [0.5, 0.6) is 0 Å². The maximum absolute atomic E-state index is 3.65. The number of rotatable bonds is 5. The fourth-order valence-corrected chi connectivity index (χ4v) is 2.83. The van der Waals surface area contributed by atoms with Crippen molar-refractivity contribution in [3.63, 3.8) is 0 Å². The predicted molar refractivity (Wildman–Crippen MR) is 65.0 cm³/mol. The summed E-state index contributed by atoms with van der Waals surface area (Å²) in [7, 11) is 0. The lowest BCUT2D eigenvalue weighted by Crippen LogP contribution is -2.42. The van der Waals surface area contributed by atoms with Gasteiger partial charge in [-0.1, -0.05) is 20.3 Å². The Morgan fingerprint density at radius 3 is 2.53 bits per heavy atom. The van der Waals surface area contributed by atoms with Crippen LogP contribution in [0, 0.1) is 11.3 Å². The Kier molecular flexibility index (Phi) is 3.68. The summed E-state index contributed by atoms with van der Waals surface area (Å²) in [5, 5.41) is 7.19. The molecule has 2 aliphatic rings. The van der Waals surface area contributed by atoms with E-state index in [9.17, 15) is 0 Å². The number of hydrogen-bond acceptors (Lipinski definition) is 2. The Balaban J connectivity index is 1.63. The van der Waals surface area contributed by atoms with E-state index in [2.05, 4.69) is 24.5 Å². The minimum atomic E-state index is 0.511. The zero-order valence-corrected chi connectivity index (χ0v) is 10.3. The Morgan fingerprint density at radius 1 is 1.20 bits per heavy atom. The normalized spacial score (nSPS) is 28.0. The van der Waals surface area contributed by atoms with Crippen LogP contribution in [0.25, 0.3) is 0 Å². The SMILES string of the molecule is CC(C)(CNCC1CCCN1)C1CCC1. The molecule has 2 nitrogen and oxygen atoms in total. The van der Waals surface area contributed by atoms with Crippen LogP contribution in [0.4, 0.5) is 0 Å². The first kappa shape index (κ1) is 11.4. The molecule has 0 bridgehead atoms. The second-order valence-electron chi connectivity index (χ2n) is 6.04. The monoisotopic (exact) mass is 210 g/mol. The third-order valence-electron chi connectivity index (χ3n) is 4.34. The van der Waals surface area contributed by atoms with Crippen LogP contribution < -0.4 is 10.6 Å². The maximum Gasteiger partial charge on any atom is 0.0192 e. The molecule has 1 atom stereocenters. The average Bonchev–Trinajstić information content (AvgIpc) is 2.51. The van der Waals surface area contributed by atoms with Crippen LogP contribution in [0.15, 0.2) is 0 Å². The summed E-state index contributed by atoms with van der Waals surface area (Å²) < 4.78 is 0. The van der Waals surface area contributed by atoms with Crippen molar-refractivity contribution in [1.29, 1.82) is 0 Å². The third-order valence-corrected chi connectivity index (χ3v) is 4.34. The van der Waals surface area contributed by atoms with Crippen molar-refractivity contribution < 1.29 is 0 Å². The van der Waals surface area contributed by atoms with Crippen molar-refractivity contribution in [2.24, 2.45) is 11.3 Å². The molecule has 0 amide bonds. The van der Waals surface area contributed by atoms with Crippen LogP contribution in [0.1, 0.15) is 46.0 Å². The zero-order chi connectivity index (χ0) is 10.7. The van der Waals surface area contributed by atoms with Crippen molar-refractivity contribution in [2.45, 2.75) is 52.0 Å². The quantitative estimate of drug-likeness (QED) is 0.726. The van der Waals surface area contributed by atoms with Crippen molar-refractivity contribution in [3.05, 3.63) is 0 Å². The van der Waals surface area contributed by atoms with Gasteiger partial charge in [-0.2, -0.15) is 0 Å². The van der Waals surface area contributed by atoms with E-state index in [0.29, 0.717) is 5.41 Å². The van der Waals surface area contributed by atoms with E-state index in [1.807, 2.05) is 0 Å². The fraction of sp³-hybridized carbons (Fsp3) is 1.00. The molecule has 0 radical (unpaired) electrons. The van der Waals surface area contributed by atoms with Gasteiger partial charge in [0.25, 0.3) is 0 Å². The Hall–Kier alpha value is -0.0800. The molecule has 2 heteroatoms. The molecule has 0 aromatic rings. The highest BCUT2D eigenvalue weighted by atomic mass is 15.0. The van der Waals surface area contributed by atoms with Gasteiger partial charge in [-0.15, -0.1) is 0 Å². The Labute approximate surface area is 94.2 Å². The first-order valence-electron chi connectivity index (χ1n) is 6.62. The summed E-state index contributed by atoms with van der Waals surface area (Å²) in [6.45, 7) is 8.42. The molecule has 1 saturated carbocycles. The molecule has 2 N–H and O–H groups in total. The maximum atomic E-state index is 3.65. The van der Waals surface area contributed by atoms with Crippen molar-refractivity contribution in [2.75, 3.05) is 19.6 Å². The highest BCUT2D eigenvalue weighted by Gasteiger charge is 2.33. The van der Waals surface area contributed by atoms with Gasteiger partial charge >= 0.3 is 0 Å². The summed E-state index contributed by atoms with van der Waals surface area (Å²) in [6, 6.07) is 0.738. The van der Waals surface area contributed by atoms with Crippen LogP contribution in [0.3, 0.4) is 0 Å². The highest BCUT2D eigenvalue weighted by molar-refractivity contribution is 4.86. The van der Waals surface area contributed by atoms with Crippen molar-refractivity contribution in [3.8, 4) is 0 Å². The number of hydrogen-bond donors (Lipinski definition) is 2. The Morgan fingerprint density at radius 2 is 2.00 bits per heavy atom. The third kappa shape index (κ3) is 2.94. The van der Waals surface area contributed by atoms with E-state index in [0.717, 1.165) is 18.5 Å². The molecule has 2 rings (SSSR count). The standard InChI is InChI=1S/C13H26N2/c1-13(2,11-5-3-6-11)10-14-9-12-7-4-8-15-12/h11-12,14-15H,3-10H2,1-2H3. The highest BCUT2D eigenvalue weighted by Crippen LogP contribution is 2.41. The van der Waals surface area contributed by atoms with E-state index in [4.69, 9.17) is 0 Å². The van der Waals surface area contributed by atoms with Gasteiger partial charge in [0, 0.05) is 19.1 Å². The first-order valence-corrected chi connectivity index (χ1v) is 6.62. The van der Waals surface area contributed by atoms with Crippen molar-refractivity contribution >= 4 is 0 Å². The molecular formula is C13H26N2. The van der Waals surface area contributed by atoms with E-state index in [1.165, 1.54) is 45.2 Å². The smallest absolute Gasteiger partial charge is 0.0192 e. The average molecular weight is 210 g/mol. The van der Waals surface area contributed by atoms with Gasteiger partial charge in [0.15, 0.2) is 0 Å². The van der Waals surface area contributed by atoms with Crippen molar-refractivity contribution in [1.82, 2.24) is 10.6 Å². The largest absolute Gasteiger partial charge is 0.315 e. The first-order chi connectivity index (χ1) is 7.18. The van der Waals surface area contributed by atoms with Crippen LogP contribution in [-0.4, -0.2) is 25.7 Å². The van der Waals surface area contributed by atoms with E-state index < -0.39 is 0 Å². The molecule has 0 aromatic heterocycles. The summed E-state index contributed by atoms with van der Waals surface area (Å²) in [5.41, 5.74) is 0.511. The van der Waals surface area contributed by atoms with Gasteiger partial charge in [-0.05, 0) is 43.6 Å². The number of nitrogens with one attached hydrogen (secondary N) is 2. The zero-order valence-electron chi connectivity index (χ0n) is 10.3. The molecule has 0 spiro atoms. The second-order valence-corrected chi connectivity index (χ2v) is 6.04. The molecule has 1 heterocycles. The fourth-order valence-electron chi connectivity index (χ4n) is 2.83. The van der Waals surface area contributed by atoms with Gasteiger partial charge < -0.3 is 10.6 Å². The van der Waals surface area contributed by atoms with E-state index >= 15 is 0 Å². The van der Waals surface area contributed by atoms with E-state index in [-0.39, 0.29) is 0 Å². The molecular weight excluding hydrogens is 184 g/mol. The molecule has 88 valence electrons. The summed E-state index contributed by atoms with van der Waals surface area (Å²) in [6.07, 6.45) is 7.08. The molecule has 1 aliphatic carbocycles. The minimum Gasteiger partial charge on any atom is -0.315 e. The van der Waals surface area contributed by atoms with Gasteiger partial charge in [0.1, 0.15) is 0 Å². The van der Waals surface area contributed by atoms with Crippen LogP contribution in [-0.2, 0) is 0 Å².